The third-order valence-corrected chi connectivity index (χ3v) is 9.86. The number of aromatic nitrogens is 1. The zero-order chi connectivity index (χ0) is 32.1. The second-order valence-corrected chi connectivity index (χ2v) is 13.1. The molecule has 6 rings (SSSR count). The van der Waals surface area contributed by atoms with Gasteiger partial charge in [-0.2, -0.15) is 13.2 Å². The number of aliphatic carboxylic acids is 1. The molecule has 0 bridgehead atoms. The number of carboxylic acids is 1. The van der Waals surface area contributed by atoms with Crippen LogP contribution in [-0.4, -0.2) is 69.8 Å². The van der Waals surface area contributed by atoms with Crippen molar-refractivity contribution in [1.29, 1.82) is 0 Å². The Bertz CT molecular complexity index is 1560. The molecule has 1 aromatic carbocycles. The Balaban J connectivity index is 1.37. The van der Waals surface area contributed by atoms with Crippen molar-refractivity contribution in [3.63, 3.8) is 0 Å². The van der Waals surface area contributed by atoms with Gasteiger partial charge < -0.3 is 24.8 Å². The van der Waals surface area contributed by atoms with Gasteiger partial charge in [-0.3, -0.25) is 9.59 Å². The third kappa shape index (κ3) is 5.95. The molecule has 1 spiro atoms. The number of alkyl halides is 3. The number of aryl methyl sites for hydroxylation is 1. The SMILES string of the molecule is COc1ccc2nc(CC(F)(F)F)c3c(c2c1)CC[C@]1(C[C@H]2C(=O)N[C@]4(C(=O)O)C[C@H]4/C=C\CCCCC[C@H](C)C(=O)N2C1)O3. The lowest BCUT2D eigenvalue weighted by atomic mass is 9.86. The number of carbonyl (C=O) groups is 3. The fourth-order valence-corrected chi connectivity index (χ4v) is 7.26. The molecular formula is C33H38F3N3O6. The Morgan fingerprint density at radius 2 is 2.02 bits per heavy atom. The highest BCUT2D eigenvalue weighted by atomic mass is 19.4. The first-order valence-corrected chi connectivity index (χ1v) is 15.6. The van der Waals surface area contributed by atoms with Gasteiger partial charge in [-0.15, -0.1) is 0 Å². The molecule has 1 aromatic heterocycles. The number of hydrogen-bond acceptors (Lipinski definition) is 6. The lowest BCUT2D eigenvalue weighted by molar-refractivity contribution is -0.146. The molecule has 9 nitrogen and oxygen atoms in total. The Morgan fingerprint density at radius 3 is 2.76 bits per heavy atom. The maximum atomic E-state index is 13.9. The lowest BCUT2D eigenvalue weighted by Crippen LogP contribution is -2.53. The quantitative estimate of drug-likeness (QED) is 0.452. The van der Waals surface area contributed by atoms with Crippen LogP contribution in [0.25, 0.3) is 10.9 Å². The van der Waals surface area contributed by atoms with Crippen LogP contribution in [0.2, 0.25) is 0 Å². The van der Waals surface area contributed by atoms with Gasteiger partial charge in [0.05, 0.1) is 31.3 Å². The van der Waals surface area contributed by atoms with Crippen LogP contribution in [0.1, 0.15) is 69.5 Å². The van der Waals surface area contributed by atoms with E-state index in [0.29, 0.717) is 41.5 Å². The van der Waals surface area contributed by atoms with E-state index in [1.807, 2.05) is 19.1 Å². The number of rotatable bonds is 3. The van der Waals surface area contributed by atoms with E-state index >= 15 is 0 Å². The van der Waals surface area contributed by atoms with E-state index in [1.54, 1.807) is 18.2 Å². The summed E-state index contributed by atoms with van der Waals surface area (Å²) in [4.78, 5) is 45.9. The molecule has 0 unspecified atom stereocenters. The van der Waals surface area contributed by atoms with Gasteiger partial charge in [0.2, 0.25) is 11.8 Å². The van der Waals surface area contributed by atoms with Gasteiger partial charge in [-0.1, -0.05) is 31.9 Å². The minimum atomic E-state index is -4.55. The highest BCUT2D eigenvalue weighted by Gasteiger charge is 2.62. The summed E-state index contributed by atoms with van der Waals surface area (Å²) < 4.78 is 53.2. The minimum absolute atomic E-state index is 0.00128. The fourth-order valence-electron chi connectivity index (χ4n) is 7.26. The predicted octanol–water partition coefficient (Wildman–Crippen LogP) is 5.13. The van der Waals surface area contributed by atoms with E-state index in [4.69, 9.17) is 9.47 Å². The molecule has 12 heteroatoms. The molecule has 45 heavy (non-hydrogen) atoms. The first kappa shape index (κ1) is 31.2. The van der Waals surface area contributed by atoms with Crippen LogP contribution in [0.4, 0.5) is 13.2 Å². The molecule has 2 N–H and O–H groups in total. The Labute approximate surface area is 259 Å². The van der Waals surface area contributed by atoms with Gasteiger partial charge in [-0.25, -0.2) is 9.78 Å². The number of carboxylic acid groups (broad SMARTS) is 1. The smallest absolute Gasteiger partial charge is 0.394 e. The molecule has 1 saturated carbocycles. The van der Waals surface area contributed by atoms with Crippen LogP contribution < -0.4 is 14.8 Å². The average Bonchev–Trinajstić information content (AvgIpc) is 3.57. The van der Waals surface area contributed by atoms with Gasteiger partial charge in [0.1, 0.15) is 28.7 Å². The topological polar surface area (TPSA) is 118 Å². The Hall–Kier alpha value is -3.83. The molecule has 4 heterocycles. The first-order chi connectivity index (χ1) is 21.3. The van der Waals surface area contributed by atoms with Gasteiger partial charge in [0, 0.05) is 29.2 Å². The van der Waals surface area contributed by atoms with Crippen molar-refractivity contribution in [3.05, 3.63) is 41.6 Å². The predicted molar refractivity (Wildman–Crippen MR) is 158 cm³/mol. The molecule has 2 aromatic rings. The van der Waals surface area contributed by atoms with Gasteiger partial charge in [0.25, 0.3) is 0 Å². The van der Waals surface area contributed by atoms with E-state index in [9.17, 15) is 32.7 Å². The Kier molecular flexibility index (Phi) is 7.97. The van der Waals surface area contributed by atoms with Crippen molar-refractivity contribution in [2.45, 2.75) is 94.5 Å². The van der Waals surface area contributed by atoms with E-state index in [2.05, 4.69) is 10.3 Å². The van der Waals surface area contributed by atoms with Gasteiger partial charge >= 0.3 is 12.1 Å². The van der Waals surface area contributed by atoms with E-state index < -0.39 is 47.6 Å². The molecule has 3 aliphatic heterocycles. The molecule has 1 saturated heterocycles. The summed E-state index contributed by atoms with van der Waals surface area (Å²) in [5, 5.41) is 13.5. The maximum absolute atomic E-state index is 13.9. The number of halogens is 3. The summed E-state index contributed by atoms with van der Waals surface area (Å²) in [5.74, 6) is -2.18. The second-order valence-electron chi connectivity index (χ2n) is 13.1. The van der Waals surface area contributed by atoms with Gasteiger partial charge in [0.15, 0.2) is 0 Å². The number of nitrogens with one attached hydrogen (secondary N) is 1. The third-order valence-electron chi connectivity index (χ3n) is 9.86. The van der Waals surface area contributed by atoms with Crippen molar-refractivity contribution in [2.24, 2.45) is 11.8 Å². The van der Waals surface area contributed by atoms with Crippen LogP contribution >= 0.6 is 0 Å². The summed E-state index contributed by atoms with van der Waals surface area (Å²) >= 11 is 0. The minimum Gasteiger partial charge on any atom is -0.497 e. The molecular weight excluding hydrogens is 591 g/mol. The zero-order valence-corrected chi connectivity index (χ0v) is 25.4. The van der Waals surface area contributed by atoms with E-state index in [0.717, 1.165) is 25.7 Å². The number of fused-ring (bicyclic) bond motifs is 5. The summed E-state index contributed by atoms with van der Waals surface area (Å²) in [7, 11) is 1.50. The largest absolute Gasteiger partial charge is 0.497 e. The van der Waals surface area contributed by atoms with Crippen molar-refractivity contribution >= 4 is 28.7 Å². The number of allylic oxidation sites excluding steroid dienone is 1. The van der Waals surface area contributed by atoms with Crippen molar-refractivity contribution < 1.29 is 42.1 Å². The average molecular weight is 630 g/mol. The normalized spacial score (nSPS) is 31.1. The zero-order valence-electron chi connectivity index (χ0n) is 25.4. The van der Waals surface area contributed by atoms with Crippen LogP contribution in [0.15, 0.2) is 30.4 Å². The number of nitrogens with zero attached hydrogens (tertiary/aromatic N) is 2. The highest BCUT2D eigenvalue weighted by molar-refractivity contribution is 5.95. The summed E-state index contributed by atoms with van der Waals surface area (Å²) in [6, 6.07) is 3.95. The standard InChI is InChI=1S/C33H38F3N3O6/c1-19-8-6-4-3-5-7-9-20-15-32(20,30(42)43)38-28(40)26-17-31(18-39(26)29(19)41)13-12-22-23-14-21(44-2)10-11-24(23)37-25(27(22)45-31)16-33(34,35)36/h7,9-11,14,19-20,26H,3-6,8,12-13,15-18H2,1-2H3,(H,38,40)(H,42,43)/b9-7-/t19-,20+,26-,31+,32+/m0/s1. The summed E-state index contributed by atoms with van der Waals surface area (Å²) in [5.41, 5.74) is -1.88. The van der Waals surface area contributed by atoms with Crippen molar-refractivity contribution in [2.75, 3.05) is 13.7 Å². The molecule has 242 valence electrons. The summed E-state index contributed by atoms with van der Waals surface area (Å²) in [6.45, 7) is 1.82. The first-order valence-electron chi connectivity index (χ1n) is 15.6. The van der Waals surface area contributed by atoms with Crippen molar-refractivity contribution in [1.82, 2.24) is 15.2 Å². The Morgan fingerprint density at radius 1 is 1.22 bits per heavy atom. The monoisotopic (exact) mass is 629 g/mol. The van der Waals surface area contributed by atoms with Gasteiger partial charge in [-0.05, 0) is 56.7 Å². The number of pyridine rings is 1. The molecule has 1 aliphatic carbocycles. The van der Waals surface area contributed by atoms with Crippen LogP contribution in [0, 0.1) is 11.8 Å². The maximum Gasteiger partial charge on any atom is 0.394 e. The number of ether oxygens (including phenoxy) is 2. The fraction of sp³-hybridized carbons (Fsp3) is 0.576. The number of carbonyl (C=O) groups excluding carboxylic acids is 2. The molecule has 2 amide bonds. The molecule has 0 radical (unpaired) electrons. The molecule has 4 aliphatic rings. The lowest BCUT2D eigenvalue weighted by Gasteiger charge is -2.37. The van der Waals surface area contributed by atoms with Crippen LogP contribution in [-0.2, 0) is 27.2 Å². The molecule has 5 atom stereocenters. The number of amides is 2. The van der Waals surface area contributed by atoms with Crippen molar-refractivity contribution in [3.8, 4) is 11.5 Å². The number of hydrogen-bond donors (Lipinski definition) is 2. The molecule has 2 fully saturated rings. The van der Waals surface area contributed by atoms with E-state index in [-0.39, 0.29) is 42.7 Å². The van der Waals surface area contributed by atoms with Crippen LogP contribution in [0.5, 0.6) is 11.5 Å². The number of benzene rings is 1. The second kappa shape index (κ2) is 11.5. The van der Waals surface area contributed by atoms with Crippen LogP contribution in [0.3, 0.4) is 0 Å². The highest BCUT2D eigenvalue weighted by Crippen LogP contribution is 2.48. The van der Waals surface area contributed by atoms with E-state index in [1.165, 1.54) is 12.0 Å². The number of methoxy groups -OCH3 is 1. The summed E-state index contributed by atoms with van der Waals surface area (Å²) in [6.07, 6.45) is 3.00.